The van der Waals surface area contributed by atoms with Crippen LogP contribution in [-0.2, 0) is 17.8 Å². The fourth-order valence-electron chi connectivity index (χ4n) is 1.56. The molecule has 5 nitrogen and oxygen atoms in total. The molecule has 0 amide bonds. The number of aliphatic imine (C=N–C) groups is 1. The van der Waals surface area contributed by atoms with Crippen LogP contribution in [0.25, 0.3) is 0 Å². The van der Waals surface area contributed by atoms with E-state index >= 15 is 0 Å². The lowest BCUT2D eigenvalue weighted by atomic mass is 10.2. The van der Waals surface area contributed by atoms with Gasteiger partial charge in [0.2, 0.25) is 0 Å². The maximum absolute atomic E-state index is 5.60. The minimum atomic E-state index is 0.00521. The molecule has 0 aliphatic rings. The molecule has 1 heterocycles. The number of ether oxygens (including phenoxy) is 1. The molecule has 0 radical (unpaired) electrons. The van der Waals surface area contributed by atoms with Gasteiger partial charge in [-0.1, -0.05) is 5.92 Å². The Morgan fingerprint density at radius 2 is 2.53 bits per heavy atom. The van der Waals surface area contributed by atoms with E-state index in [-0.39, 0.29) is 5.92 Å². The average molecular weight is 234 g/mol. The Kier molecular flexibility index (Phi) is 5.40. The summed E-state index contributed by atoms with van der Waals surface area (Å²) in [6.07, 6.45) is 8.87. The molecular weight excluding hydrogens is 216 g/mol. The molecule has 0 unspecified atom stereocenters. The van der Waals surface area contributed by atoms with Crippen molar-refractivity contribution in [1.29, 1.82) is 0 Å². The van der Waals surface area contributed by atoms with E-state index in [4.69, 9.17) is 16.9 Å². The van der Waals surface area contributed by atoms with Crippen LogP contribution in [0.1, 0.15) is 12.6 Å². The summed E-state index contributed by atoms with van der Waals surface area (Å²) in [7, 11) is 1.63. The van der Waals surface area contributed by atoms with E-state index in [0.717, 1.165) is 11.5 Å². The van der Waals surface area contributed by atoms with Crippen molar-refractivity contribution in [3.8, 4) is 12.3 Å². The average Bonchev–Trinajstić information content (AvgIpc) is 2.72. The van der Waals surface area contributed by atoms with Gasteiger partial charge in [-0.2, -0.15) is 0 Å². The highest BCUT2D eigenvalue weighted by Crippen LogP contribution is 2.19. The summed E-state index contributed by atoms with van der Waals surface area (Å²) in [5, 5.41) is 0. The maximum atomic E-state index is 5.60. The third-order valence-electron chi connectivity index (χ3n) is 2.35. The van der Waals surface area contributed by atoms with Crippen LogP contribution in [-0.4, -0.2) is 29.5 Å². The number of methoxy groups -OCH3 is 1. The SMILES string of the molecule is C#C[C@@H](COC)Cn1cnc(CN)c1N=CC. The van der Waals surface area contributed by atoms with Crippen LogP contribution in [0.4, 0.5) is 5.82 Å². The Balaban J connectivity index is 2.90. The summed E-state index contributed by atoms with van der Waals surface area (Å²) in [4.78, 5) is 8.49. The lowest BCUT2D eigenvalue weighted by Crippen LogP contribution is -2.13. The minimum absolute atomic E-state index is 0.00521. The first-order valence-corrected chi connectivity index (χ1v) is 5.44. The number of imidazole rings is 1. The molecular formula is C12H18N4O. The fourth-order valence-corrected chi connectivity index (χ4v) is 1.56. The zero-order chi connectivity index (χ0) is 12.7. The van der Waals surface area contributed by atoms with Crippen molar-refractivity contribution in [2.24, 2.45) is 16.6 Å². The Morgan fingerprint density at radius 3 is 3.06 bits per heavy atom. The van der Waals surface area contributed by atoms with Crippen LogP contribution in [0.5, 0.6) is 0 Å². The van der Waals surface area contributed by atoms with Gasteiger partial charge in [-0.15, -0.1) is 6.42 Å². The van der Waals surface area contributed by atoms with Crippen LogP contribution in [0.3, 0.4) is 0 Å². The van der Waals surface area contributed by atoms with E-state index in [1.54, 1.807) is 19.7 Å². The third kappa shape index (κ3) is 3.41. The zero-order valence-electron chi connectivity index (χ0n) is 10.3. The quantitative estimate of drug-likeness (QED) is 0.589. The first-order chi connectivity index (χ1) is 8.26. The second-order valence-corrected chi connectivity index (χ2v) is 3.58. The van der Waals surface area contributed by atoms with Crippen LogP contribution >= 0.6 is 0 Å². The smallest absolute Gasteiger partial charge is 0.156 e. The number of hydrogen-bond acceptors (Lipinski definition) is 4. The lowest BCUT2D eigenvalue weighted by Gasteiger charge is -2.11. The summed E-state index contributed by atoms with van der Waals surface area (Å²) in [5.41, 5.74) is 6.38. The molecule has 1 aromatic rings. The predicted molar refractivity (Wildman–Crippen MR) is 68.1 cm³/mol. The number of rotatable bonds is 6. The van der Waals surface area contributed by atoms with Crippen molar-refractivity contribution in [1.82, 2.24) is 9.55 Å². The number of nitrogens with zero attached hydrogens (tertiary/aromatic N) is 3. The van der Waals surface area contributed by atoms with E-state index < -0.39 is 0 Å². The van der Waals surface area contributed by atoms with Gasteiger partial charge in [-0.05, 0) is 6.92 Å². The fraction of sp³-hybridized carbons (Fsp3) is 0.500. The van der Waals surface area contributed by atoms with Crippen molar-refractivity contribution in [3.63, 3.8) is 0 Å². The van der Waals surface area contributed by atoms with Crippen molar-refractivity contribution in [2.45, 2.75) is 20.0 Å². The summed E-state index contributed by atoms with van der Waals surface area (Å²) >= 11 is 0. The van der Waals surface area contributed by atoms with Gasteiger partial charge in [0.1, 0.15) is 0 Å². The summed E-state index contributed by atoms with van der Waals surface area (Å²) < 4.78 is 6.97. The molecule has 1 aromatic heterocycles. The topological polar surface area (TPSA) is 65.4 Å². The van der Waals surface area contributed by atoms with E-state index in [9.17, 15) is 0 Å². The van der Waals surface area contributed by atoms with E-state index in [1.807, 2.05) is 11.5 Å². The summed E-state index contributed by atoms with van der Waals surface area (Å²) in [6.45, 7) is 3.36. The van der Waals surface area contributed by atoms with Crippen molar-refractivity contribution in [3.05, 3.63) is 12.0 Å². The highest BCUT2D eigenvalue weighted by Gasteiger charge is 2.12. The monoisotopic (exact) mass is 234 g/mol. The van der Waals surface area contributed by atoms with Crippen molar-refractivity contribution >= 4 is 12.0 Å². The Hall–Kier alpha value is -1.64. The van der Waals surface area contributed by atoms with Crippen LogP contribution < -0.4 is 5.73 Å². The molecule has 1 atom stereocenters. The molecule has 0 fully saturated rings. The molecule has 0 saturated heterocycles. The lowest BCUT2D eigenvalue weighted by molar-refractivity contribution is 0.166. The molecule has 0 spiro atoms. The van der Waals surface area contributed by atoms with Gasteiger partial charge in [-0.3, -0.25) is 0 Å². The van der Waals surface area contributed by atoms with Gasteiger partial charge in [0.25, 0.3) is 0 Å². The Morgan fingerprint density at radius 1 is 1.76 bits per heavy atom. The zero-order valence-corrected chi connectivity index (χ0v) is 10.3. The highest BCUT2D eigenvalue weighted by atomic mass is 16.5. The standard InChI is InChI=1S/C12H18N4O/c1-4-10(8-17-3)7-16-9-15-11(6-13)12(16)14-5-2/h1,5,9-10H,6-8,13H2,2-3H3/t10-/m1/s1. The number of nitrogens with two attached hydrogens (primary N) is 1. The molecule has 0 saturated carbocycles. The largest absolute Gasteiger partial charge is 0.383 e. The van der Waals surface area contributed by atoms with Crippen LogP contribution in [0.15, 0.2) is 11.3 Å². The molecule has 17 heavy (non-hydrogen) atoms. The third-order valence-corrected chi connectivity index (χ3v) is 2.35. The molecule has 2 N–H and O–H groups in total. The molecule has 0 aliphatic carbocycles. The van der Waals surface area contributed by atoms with Gasteiger partial charge < -0.3 is 15.0 Å². The number of terminal acetylenes is 1. The van der Waals surface area contributed by atoms with Crippen LogP contribution in [0.2, 0.25) is 0 Å². The second-order valence-electron chi connectivity index (χ2n) is 3.58. The summed E-state index contributed by atoms with van der Waals surface area (Å²) in [5.74, 6) is 3.47. The van der Waals surface area contributed by atoms with E-state index in [2.05, 4.69) is 15.9 Å². The normalized spacial score (nSPS) is 12.8. The molecule has 92 valence electrons. The van der Waals surface area contributed by atoms with Gasteiger partial charge in [0.15, 0.2) is 5.82 Å². The first-order valence-electron chi connectivity index (χ1n) is 5.44. The van der Waals surface area contributed by atoms with Crippen molar-refractivity contribution in [2.75, 3.05) is 13.7 Å². The second kappa shape index (κ2) is 6.84. The number of hydrogen-bond donors (Lipinski definition) is 1. The van der Waals surface area contributed by atoms with Crippen molar-refractivity contribution < 1.29 is 4.74 Å². The Labute approximate surface area is 102 Å². The Bertz CT molecular complexity index is 417. The highest BCUT2D eigenvalue weighted by molar-refractivity contribution is 5.59. The van der Waals surface area contributed by atoms with Gasteiger partial charge >= 0.3 is 0 Å². The molecule has 0 bridgehead atoms. The van der Waals surface area contributed by atoms with Gasteiger partial charge in [-0.25, -0.2) is 9.98 Å². The van der Waals surface area contributed by atoms with E-state index in [0.29, 0.717) is 19.7 Å². The molecule has 0 aliphatic heterocycles. The summed E-state index contributed by atoms with van der Waals surface area (Å²) in [6, 6.07) is 0. The van der Waals surface area contributed by atoms with Gasteiger partial charge in [0, 0.05) is 26.4 Å². The first kappa shape index (κ1) is 13.4. The predicted octanol–water partition coefficient (Wildman–Crippen LogP) is 0.960. The minimum Gasteiger partial charge on any atom is -0.383 e. The van der Waals surface area contributed by atoms with Crippen LogP contribution in [0, 0.1) is 18.3 Å². The molecule has 1 rings (SSSR count). The maximum Gasteiger partial charge on any atom is 0.156 e. The molecule has 5 heteroatoms. The van der Waals surface area contributed by atoms with Gasteiger partial charge in [0.05, 0.1) is 24.5 Å². The number of aromatic nitrogens is 2. The molecule has 0 aromatic carbocycles. The van der Waals surface area contributed by atoms with E-state index in [1.165, 1.54) is 0 Å².